The van der Waals surface area contributed by atoms with Gasteiger partial charge in [-0.15, -0.1) is 0 Å². The van der Waals surface area contributed by atoms with Gasteiger partial charge in [0.25, 0.3) is 0 Å². The number of aliphatic hydroxyl groups excluding tert-OH is 1. The molecule has 2 nitrogen and oxygen atoms in total. The summed E-state index contributed by atoms with van der Waals surface area (Å²) in [5.74, 6) is 0.388. The molecule has 0 aromatic carbocycles. The van der Waals surface area contributed by atoms with Crippen LogP contribution in [-0.2, 0) is 0 Å². The Morgan fingerprint density at radius 1 is 1.33 bits per heavy atom. The molecule has 3 N–H and O–H groups in total. The lowest BCUT2D eigenvalue weighted by Crippen LogP contribution is -2.34. The van der Waals surface area contributed by atoms with E-state index in [1.807, 2.05) is 0 Å². The van der Waals surface area contributed by atoms with Crippen molar-refractivity contribution in [2.24, 2.45) is 11.7 Å². The predicted octanol–water partition coefficient (Wildman–Crippen LogP) is 0.496. The van der Waals surface area contributed by atoms with Crippen molar-refractivity contribution in [3.05, 3.63) is 0 Å². The largest absolute Gasteiger partial charge is 0.396 e. The molecular formula is C7H15NO. The van der Waals surface area contributed by atoms with Crippen LogP contribution in [0.5, 0.6) is 0 Å². The number of hydrogen-bond donors (Lipinski definition) is 2. The Balaban J connectivity index is 2.30. The zero-order valence-electron chi connectivity index (χ0n) is 5.71. The van der Waals surface area contributed by atoms with Crippen LogP contribution >= 0.6 is 0 Å². The van der Waals surface area contributed by atoms with Gasteiger partial charge in [-0.1, -0.05) is 12.8 Å². The van der Waals surface area contributed by atoms with Crippen molar-refractivity contribution in [2.75, 3.05) is 6.61 Å². The molecule has 1 fully saturated rings. The standard InChI is InChI=1S/C7H15NO/c8-7-4-2-1-3-6(7)5-9/h6-7,9H,1-5,8H2/t6?,7-/m1/s1. The van der Waals surface area contributed by atoms with Gasteiger partial charge in [-0.25, -0.2) is 0 Å². The van der Waals surface area contributed by atoms with Gasteiger partial charge >= 0.3 is 0 Å². The number of hydrogen-bond acceptors (Lipinski definition) is 2. The zero-order valence-corrected chi connectivity index (χ0v) is 5.71. The normalized spacial score (nSPS) is 36.7. The molecule has 0 aromatic heterocycles. The Morgan fingerprint density at radius 3 is 2.44 bits per heavy atom. The first kappa shape index (κ1) is 7.03. The van der Waals surface area contributed by atoms with Gasteiger partial charge in [-0.3, -0.25) is 0 Å². The Kier molecular flexibility index (Phi) is 2.49. The van der Waals surface area contributed by atoms with Crippen molar-refractivity contribution in [2.45, 2.75) is 31.7 Å². The second-order valence-electron chi connectivity index (χ2n) is 2.89. The molecule has 1 rings (SSSR count). The molecule has 0 aromatic rings. The van der Waals surface area contributed by atoms with Crippen molar-refractivity contribution in [1.82, 2.24) is 0 Å². The lowest BCUT2D eigenvalue weighted by Gasteiger charge is -2.26. The topological polar surface area (TPSA) is 46.2 Å². The molecule has 0 aliphatic heterocycles. The van der Waals surface area contributed by atoms with Crippen LogP contribution in [0.2, 0.25) is 0 Å². The van der Waals surface area contributed by atoms with E-state index in [1.165, 1.54) is 12.8 Å². The molecule has 0 radical (unpaired) electrons. The average Bonchev–Trinajstić information content (AvgIpc) is 1.89. The van der Waals surface area contributed by atoms with Crippen molar-refractivity contribution >= 4 is 0 Å². The summed E-state index contributed by atoms with van der Waals surface area (Å²) in [5.41, 5.74) is 5.73. The molecule has 9 heavy (non-hydrogen) atoms. The lowest BCUT2D eigenvalue weighted by molar-refractivity contribution is 0.171. The van der Waals surface area contributed by atoms with E-state index in [-0.39, 0.29) is 12.6 Å². The summed E-state index contributed by atoms with van der Waals surface area (Å²) >= 11 is 0. The molecule has 1 aliphatic carbocycles. The van der Waals surface area contributed by atoms with E-state index < -0.39 is 0 Å². The third-order valence-electron chi connectivity index (χ3n) is 2.20. The van der Waals surface area contributed by atoms with Gasteiger partial charge < -0.3 is 10.8 Å². The SMILES string of the molecule is N[C@@H]1CCCCC1CO. The summed E-state index contributed by atoms with van der Waals surface area (Å²) in [6.45, 7) is 0.279. The van der Waals surface area contributed by atoms with E-state index in [1.54, 1.807) is 0 Å². The highest BCUT2D eigenvalue weighted by molar-refractivity contribution is 4.76. The van der Waals surface area contributed by atoms with Crippen LogP contribution in [0.25, 0.3) is 0 Å². The van der Waals surface area contributed by atoms with Crippen LogP contribution in [0.3, 0.4) is 0 Å². The third-order valence-corrected chi connectivity index (χ3v) is 2.20. The first-order valence-corrected chi connectivity index (χ1v) is 3.71. The molecule has 0 spiro atoms. The molecule has 0 bridgehead atoms. The molecule has 0 amide bonds. The number of aliphatic hydroxyl groups is 1. The van der Waals surface area contributed by atoms with Gasteiger partial charge in [0.2, 0.25) is 0 Å². The minimum Gasteiger partial charge on any atom is -0.396 e. The van der Waals surface area contributed by atoms with E-state index in [4.69, 9.17) is 10.8 Å². The Hall–Kier alpha value is -0.0800. The fourth-order valence-corrected chi connectivity index (χ4v) is 1.46. The highest BCUT2D eigenvalue weighted by atomic mass is 16.3. The summed E-state index contributed by atoms with van der Waals surface area (Å²) in [7, 11) is 0. The summed E-state index contributed by atoms with van der Waals surface area (Å²) in [6, 6.07) is 0.267. The van der Waals surface area contributed by atoms with Gasteiger partial charge in [0.15, 0.2) is 0 Å². The lowest BCUT2D eigenvalue weighted by atomic mass is 9.86. The monoisotopic (exact) mass is 129 g/mol. The summed E-state index contributed by atoms with van der Waals surface area (Å²) in [4.78, 5) is 0. The Morgan fingerprint density at radius 2 is 2.00 bits per heavy atom. The maximum atomic E-state index is 8.78. The molecule has 2 heteroatoms. The van der Waals surface area contributed by atoms with Crippen LogP contribution in [0.4, 0.5) is 0 Å². The molecule has 0 saturated heterocycles. The number of rotatable bonds is 1. The first-order chi connectivity index (χ1) is 4.34. The van der Waals surface area contributed by atoms with E-state index in [0.717, 1.165) is 12.8 Å². The van der Waals surface area contributed by atoms with Gasteiger partial charge in [0.1, 0.15) is 0 Å². The summed E-state index contributed by atoms with van der Waals surface area (Å²) < 4.78 is 0. The molecule has 2 atom stereocenters. The maximum Gasteiger partial charge on any atom is 0.0474 e. The Labute approximate surface area is 56.1 Å². The molecule has 0 heterocycles. The van der Waals surface area contributed by atoms with Gasteiger partial charge in [0.05, 0.1) is 0 Å². The Bertz CT molecular complexity index is 85.0. The van der Waals surface area contributed by atoms with Crippen molar-refractivity contribution < 1.29 is 5.11 Å². The van der Waals surface area contributed by atoms with E-state index in [0.29, 0.717) is 5.92 Å². The average molecular weight is 129 g/mol. The smallest absolute Gasteiger partial charge is 0.0474 e. The van der Waals surface area contributed by atoms with Crippen molar-refractivity contribution in [3.8, 4) is 0 Å². The second-order valence-corrected chi connectivity index (χ2v) is 2.89. The van der Waals surface area contributed by atoms with Crippen molar-refractivity contribution in [1.29, 1.82) is 0 Å². The van der Waals surface area contributed by atoms with E-state index in [2.05, 4.69) is 0 Å². The van der Waals surface area contributed by atoms with Gasteiger partial charge in [-0.2, -0.15) is 0 Å². The first-order valence-electron chi connectivity index (χ1n) is 3.71. The van der Waals surface area contributed by atoms with E-state index >= 15 is 0 Å². The van der Waals surface area contributed by atoms with Crippen LogP contribution in [-0.4, -0.2) is 17.8 Å². The van der Waals surface area contributed by atoms with Crippen LogP contribution in [0.1, 0.15) is 25.7 Å². The summed E-state index contributed by atoms with van der Waals surface area (Å²) in [6.07, 6.45) is 4.72. The second kappa shape index (κ2) is 3.18. The molecule has 1 aliphatic rings. The number of nitrogens with two attached hydrogens (primary N) is 1. The van der Waals surface area contributed by atoms with E-state index in [9.17, 15) is 0 Å². The molecular weight excluding hydrogens is 114 g/mol. The van der Waals surface area contributed by atoms with Gasteiger partial charge in [-0.05, 0) is 18.8 Å². The predicted molar refractivity (Wildman–Crippen MR) is 37.0 cm³/mol. The molecule has 1 saturated carbocycles. The quantitative estimate of drug-likeness (QED) is 0.541. The van der Waals surface area contributed by atoms with Crippen LogP contribution in [0.15, 0.2) is 0 Å². The minimum atomic E-state index is 0.267. The van der Waals surface area contributed by atoms with Crippen molar-refractivity contribution in [3.63, 3.8) is 0 Å². The van der Waals surface area contributed by atoms with Crippen LogP contribution < -0.4 is 5.73 Å². The van der Waals surface area contributed by atoms with Crippen LogP contribution in [0, 0.1) is 5.92 Å². The zero-order chi connectivity index (χ0) is 6.69. The van der Waals surface area contributed by atoms with Gasteiger partial charge in [0, 0.05) is 12.6 Å². The maximum absolute atomic E-state index is 8.78. The summed E-state index contributed by atoms with van der Waals surface area (Å²) in [5, 5.41) is 8.78. The third kappa shape index (κ3) is 1.66. The fraction of sp³-hybridized carbons (Fsp3) is 1.00. The minimum absolute atomic E-state index is 0.267. The highest BCUT2D eigenvalue weighted by Gasteiger charge is 2.19. The highest BCUT2D eigenvalue weighted by Crippen LogP contribution is 2.21. The molecule has 54 valence electrons. The molecule has 1 unspecified atom stereocenters. The fourth-order valence-electron chi connectivity index (χ4n) is 1.46.